The molecule has 106 valence electrons. The first-order valence-corrected chi connectivity index (χ1v) is 6.66. The Labute approximate surface area is 112 Å². The van der Waals surface area contributed by atoms with Crippen molar-refractivity contribution in [2.45, 2.75) is 26.0 Å². The number of hydrogen-bond donors (Lipinski definition) is 1. The van der Waals surface area contributed by atoms with Crippen LogP contribution in [0.2, 0.25) is 0 Å². The van der Waals surface area contributed by atoms with Gasteiger partial charge >= 0.3 is 6.61 Å². The first-order chi connectivity index (χ1) is 9.16. The summed E-state index contributed by atoms with van der Waals surface area (Å²) in [6.07, 6.45) is 1.14. The number of ether oxygens (including phenoxy) is 1. The van der Waals surface area contributed by atoms with Crippen molar-refractivity contribution in [3.63, 3.8) is 0 Å². The molecule has 1 aliphatic heterocycles. The third-order valence-electron chi connectivity index (χ3n) is 3.51. The van der Waals surface area contributed by atoms with Gasteiger partial charge in [0.15, 0.2) is 0 Å². The van der Waals surface area contributed by atoms with E-state index in [0.717, 1.165) is 38.2 Å². The molecule has 0 radical (unpaired) electrons. The Morgan fingerprint density at radius 3 is 2.58 bits per heavy atom. The average molecular weight is 270 g/mol. The molecular formula is C14H20F2N2O. The number of halogens is 2. The molecule has 19 heavy (non-hydrogen) atoms. The number of rotatable bonds is 4. The molecule has 3 nitrogen and oxygen atoms in total. The highest BCUT2D eigenvalue weighted by atomic mass is 19.3. The summed E-state index contributed by atoms with van der Waals surface area (Å²) in [5.41, 5.74) is 1.13. The van der Waals surface area contributed by atoms with Crippen LogP contribution in [0.1, 0.15) is 24.9 Å². The second-order valence-electron chi connectivity index (χ2n) is 4.76. The quantitative estimate of drug-likeness (QED) is 0.910. The van der Waals surface area contributed by atoms with Crippen molar-refractivity contribution in [2.75, 3.05) is 26.2 Å². The van der Waals surface area contributed by atoms with E-state index in [-0.39, 0.29) is 5.75 Å². The average Bonchev–Trinajstić information content (AvgIpc) is 2.67. The molecule has 0 aromatic heterocycles. The first-order valence-electron chi connectivity index (χ1n) is 6.66. The van der Waals surface area contributed by atoms with Crippen molar-refractivity contribution in [3.8, 4) is 5.75 Å². The normalized spacial score (nSPS) is 19.2. The molecule has 1 saturated heterocycles. The molecule has 1 unspecified atom stereocenters. The fourth-order valence-electron chi connectivity index (χ4n) is 2.39. The van der Waals surface area contributed by atoms with Crippen LogP contribution in [-0.2, 0) is 0 Å². The highest BCUT2D eigenvalue weighted by Gasteiger charge is 2.17. The van der Waals surface area contributed by atoms with E-state index in [1.165, 1.54) is 0 Å². The number of nitrogens with one attached hydrogen (secondary N) is 1. The molecular weight excluding hydrogens is 250 g/mol. The minimum atomic E-state index is -2.76. The lowest BCUT2D eigenvalue weighted by Gasteiger charge is -2.27. The maximum atomic E-state index is 12.1. The third kappa shape index (κ3) is 4.14. The Bertz CT molecular complexity index is 376. The van der Waals surface area contributed by atoms with E-state index in [9.17, 15) is 8.78 Å². The zero-order valence-corrected chi connectivity index (χ0v) is 11.1. The topological polar surface area (TPSA) is 24.5 Å². The molecule has 1 aromatic rings. The van der Waals surface area contributed by atoms with Crippen LogP contribution in [0.15, 0.2) is 24.3 Å². The molecule has 0 bridgehead atoms. The van der Waals surface area contributed by atoms with E-state index in [1.54, 1.807) is 12.1 Å². The first kappa shape index (κ1) is 14.2. The van der Waals surface area contributed by atoms with Crippen molar-refractivity contribution in [1.29, 1.82) is 0 Å². The second kappa shape index (κ2) is 6.82. The maximum Gasteiger partial charge on any atom is 0.387 e. The van der Waals surface area contributed by atoms with Crippen molar-refractivity contribution in [3.05, 3.63) is 29.8 Å². The molecule has 0 saturated carbocycles. The van der Waals surface area contributed by atoms with Crippen LogP contribution in [-0.4, -0.2) is 37.7 Å². The van der Waals surface area contributed by atoms with Gasteiger partial charge in [-0.3, -0.25) is 4.90 Å². The molecule has 1 heterocycles. The number of alkyl halides is 2. The predicted octanol–water partition coefficient (Wildman–Crippen LogP) is 2.64. The van der Waals surface area contributed by atoms with Crippen LogP contribution in [0, 0.1) is 0 Å². The smallest absolute Gasteiger partial charge is 0.387 e. The van der Waals surface area contributed by atoms with Gasteiger partial charge in [-0.15, -0.1) is 0 Å². The van der Waals surface area contributed by atoms with Gasteiger partial charge in [-0.1, -0.05) is 12.1 Å². The van der Waals surface area contributed by atoms with Crippen molar-refractivity contribution in [2.24, 2.45) is 0 Å². The van der Waals surface area contributed by atoms with Gasteiger partial charge in [-0.2, -0.15) is 8.78 Å². The summed E-state index contributed by atoms with van der Waals surface area (Å²) < 4.78 is 28.5. The highest BCUT2D eigenvalue weighted by Crippen LogP contribution is 2.23. The lowest BCUT2D eigenvalue weighted by molar-refractivity contribution is -0.0498. The summed E-state index contributed by atoms with van der Waals surface area (Å²) in [7, 11) is 0. The standard InChI is InChI=1S/C14H20F2N2O/c1-11(18-9-2-7-17-8-10-18)12-3-5-13(6-4-12)19-14(15)16/h3-6,11,14,17H,2,7-10H2,1H3. The molecule has 1 aliphatic rings. The van der Waals surface area contributed by atoms with Gasteiger partial charge in [-0.05, 0) is 44.1 Å². The van der Waals surface area contributed by atoms with E-state index < -0.39 is 6.61 Å². The van der Waals surface area contributed by atoms with E-state index in [0.29, 0.717) is 6.04 Å². The molecule has 5 heteroatoms. The van der Waals surface area contributed by atoms with Gasteiger partial charge in [0.05, 0.1) is 0 Å². The number of hydrogen-bond acceptors (Lipinski definition) is 3. The fraction of sp³-hybridized carbons (Fsp3) is 0.571. The van der Waals surface area contributed by atoms with Crippen LogP contribution in [0.4, 0.5) is 8.78 Å². The van der Waals surface area contributed by atoms with E-state index in [4.69, 9.17) is 0 Å². The molecule has 1 aromatic carbocycles. The molecule has 0 aliphatic carbocycles. The molecule has 0 spiro atoms. The van der Waals surface area contributed by atoms with Crippen molar-refractivity contribution >= 4 is 0 Å². The largest absolute Gasteiger partial charge is 0.435 e. The Kier molecular flexibility index (Phi) is 5.10. The highest BCUT2D eigenvalue weighted by molar-refractivity contribution is 5.29. The molecule has 1 atom stereocenters. The Balaban J connectivity index is 1.99. The zero-order valence-electron chi connectivity index (χ0n) is 11.1. The lowest BCUT2D eigenvalue weighted by atomic mass is 10.1. The van der Waals surface area contributed by atoms with Crippen LogP contribution < -0.4 is 10.1 Å². The van der Waals surface area contributed by atoms with Gasteiger partial charge in [0.1, 0.15) is 5.75 Å². The monoisotopic (exact) mass is 270 g/mol. The maximum absolute atomic E-state index is 12.1. The van der Waals surface area contributed by atoms with Crippen LogP contribution in [0.5, 0.6) is 5.75 Å². The second-order valence-corrected chi connectivity index (χ2v) is 4.76. The Morgan fingerprint density at radius 2 is 1.89 bits per heavy atom. The van der Waals surface area contributed by atoms with Crippen molar-refractivity contribution < 1.29 is 13.5 Å². The Hall–Kier alpha value is -1.20. The van der Waals surface area contributed by atoms with Gasteiger partial charge in [-0.25, -0.2) is 0 Å². The van der Waals surface area contributed by atoms with Gasteiger partial charge in [0.2, 0.25) is 0 Å². The van der Waals surface area contributed by atoms with E-state index in [1.807, 2.05) is 12.1 Å². The van der Waals surface area contributed by atoms with Crippen molar-refractivity contribution in [1.82, 2.24) is 10.2 Å². The summed E-state index contributed by atoms with van der Waals surface area (Å²) >= 11 is 0. The predicted molar refractivity (Wildman–Crippen MR) is 70.5 cm³/mol. The minimum absolute atomic E-state index is 0.212. The fourth-order valence-corrected chi connectivity index (χ4v) is 2.39. The van der Waals surface area contributed by atoms with Crippen LogP contribution >= 0.6 is 0 Å². The summed E-state index contributed by atoms with van der Waals surface area (Å²) in [6.45, 7) is 3.51. The van der Waals surface area contributed by atoms with Gasteiger partial charge in [0.25, 0.3) is 0 Å². The zero-order chi connectivity index (χ0) is 13.7. The number of nitrogens with zero attached hydrogens (tertiary/aromatic N) is 1. The van der Waals surface area contributed by atoms with Gasteiger partial charge in [0, 0.05) is 19.1 Å². The van der Waals surface area contributed by atoms with Gasteiger partial charge < -0.3 is 10.1 Å². The summed E-state index contributed by atoms with van der Waals surface area (Å²) in [5, 5.41) is 3.37. The van der Waals surface area contributed by atoms with Crippen LogP contribution in [0.25, 0.3) is 0 Å². The summed E-state index contributed by atoms with van der Waals surface area (Å²) in [4.78, 5) is 2.41. The molecule has 2 rings (SSSR count). The molecule has 0 amide bonds. The van der Waals surface area contributed by atoms with E-state index >= 15 is 0 Å². The number of benzene rings is 1. The molecule has 1 fully saturated rings. The minimum Gasteiger partial charge on any atom is -0.435 e. The van der Waals surface area contributed by atoms with Crippen LogP contribution in [0.3, 0.4) is 0 Å². The third-order valence-corrected chi connectivity index (χ3v) is 3.51. The summed E-state index contributed by atoms with van der Waals surface area (Å²) in [5.74, 6) is 0.212. The summed E-state index contributed by atoms with van der Waals surface area (Å²) in [6, 6.07) is 7.23. The lowest BCUT2D eigenvalue weighted by Crippen LogP contribution is -2.30. The van der Waals surface area contributed by atoms with E-state index in [2.05, 4.69) is 21.9 Å². The molecule has 1 N–H and O–H groups in total. The Morgan fingerprint density at radius 1 is 1.16 bits per heavy atom. The SMILES string of the molecule is CC(c1ccc(OC(F)F)cc1)N1CCCNCC1.